The van der Waals surface area contributed by atoms with Gasteiger partial charge in [0.15, 0.2) is 0 Å². The molecule has 2 rings (SSSR count). The highest BCUT2D eigenvalue weighted by Gasteiger charge is 1.95. The van der Waals surface area contributed by atoms with Crippen LogP contribution in [-0.2, 0) is 12.8 Å². The molecule has 0 spiro atoms. The lowest BCUT2D eigenvalue weighted by Gasteiger charge is -1.93. The van der Waals surface area contributed by atoms with Gasteiger partial charge in [0.05, 0.1) is 6.20 Å². The first-order chi connectivity index (χ1) is 5.95. The van der Waals surface area contributed by atoms with Gasteiger partial charge < -0.3 is 0 Å². The fraction of sp³-hybridized carbons (Fsp3) is 0.222. The zero-order valence-electron chi connectivity index (χ0n) is 6.66. The third kappa shape index (κ3) is 1.74. The number of H-pyrrole nitrogens is 1. The monoisotopic (exact) mass is 178 g/mol. The van der Waals surface area contributed by atoms with Crippen molar-refractivity contribution in [3.8, 4) is 0 Å². The van der Waals surface area contributed by atoms with Crippen molar-refractivity contribution in [1.82, 2.24) is 10.2 Å². The number of thiophene rings is 1. The van der Waals surface area contributed by atoms with E-state index in [-0.39, 0.29) is 0 Å². The van der Waals surface area contributed by atoms with Gasteiger partial charge in [-0.2, -0.15) is 16.4 Å². The minimum atomic E-state index is 1.08. The molecule has 62 valence electrons. The fourth-order valence-corrected chi connectivity index (χ4v) is 1.84. The minimum absolute atomic E-state index is 1.08. The van der Waals surface area contributed by atoms with E-state index in [0.717, 1.165) is 12.8 Å². The van der Waals surface area contributed by atoms with Crippen LogP contribution >= 0.6 is 11.3 Å². The molecule has 12 heavy (non-hydrogen) atoms. The molecule has 0 aliphatic carbocycles. The average molecular weight is 178 g/mol. The Morgan fingerprint density at radius 3 is 2.92 bits per heavy atom. The number of nitrogens with zero attached hydrogens (tertiary/aromatic N) is 1. The van der Waals surface area contributed by atoms with Crippen molar-refractivity contribution >= 4 is 11.3 Å². The fourth-order valence-electron chi connectivity index (χ4n) is 1.14. The summed E-state index contributed by atoms with van der Waals surface area (Å²) in [6.45, 7) is 0. The molecule has 2 nitrogen and oxygen atoms in total. The van der Waals surface area contributed by atoms with Gasteiger partial charge in [-0.25, -0.2) is 0 Å². The summed E-state index contributed by atoms with van der Waals surface area (Å²) in [6.07, 6.45) is 6.02. The topological polar surface area (TPSA) is 28.7 Å². The number of rotatable bonds is 3. The van der Waals surface area contributed by atoms with Gasteiger partial charge in [0.25, 0.3) is 0 Å². The summed E-state index contributed by atoms with van der Waals surface area (Å²) in [7, 11) is 0. The smallest absolute Gasteiger partial charge is 0.0519 e. The zero-order chi connectivity index (χ0) is 8.23. The average Bonchev–Trinajstić information content (AvgIpc) is 2.74. The lowest BCUT2D eigenvalue weighted by Crippen LogP contribution is -1.86. The lowest BCUT2D eigenvalue weighted by atomic mass is 10.1. The van der Waals surface area contributed by atoms with Crippen molar-refractivity contribution in [2.75, 3.05) is 0 Å². The molecule has 0 radical (unpaired) electrons. The van der Waals surface area contributed by atoms with E-state index in [2.05, 4.69) is 27.0 Å². The van der Waals surface area contributed by atoms with Gasteiger partial charge in [0, 0.05) is 6.20 Å². The summed E-state index contributed by atoms with van der Waals surface area (Å²) >= 11 is 1.75. The third-order valence-electron chi connectivity index (χ3n) is 1.84. The van der Waals surface area contributed by atoms with Crippen molar-refractivity contribution in [3.05, 3.63) is 40.3 Å². The van der Waals surface area contributed by atoms with Crippen LogP contribution in [0.25, 0.3) is 0 Å². The lowest BCUT2D eigenvalue weighted by molar-refractivity contribution is 0.967. The van der Waals surface area contributed by atoms with E-state index < -0.39 is 0 Å². The minimum Gasteiger partial charge on any atom is -0.285 e. The maximum Gasteiger partial charge on any atom is 0.0519 e. The molecule has 3 heteroatoms. The standard InChI is InChI=1S/C9H10N2S/c1(8-3-4-12-7-8)2-9-5-10-11-6-9/h3-7H,1-2H2,(H,10,11). The molecule has 0 aromatic carbocycles. The Bertz CT molecular complexity index is 276. The Morgan fingerprint density at radius 1 is 1.33 bits per heavy atom. The molecule has 0 bridgehead atoms. The second-order valence-electron chi connectivity index (χ2n) is 2.74. The van der Waals surface area contributed by atoms with Crippen LogP contribution in [0.15, 0.2) is 29.2 Å². The van der Waals surface area contributed by atoms with E-state index in [1.807, 2.05) is 12.4 Å². The summed E-state index contributed by atoms with van der Waals surface area (Å²) in [5.41, 5.74) is 2.70. The van der Waals surface area contributed by atoms with Crippen molar-refractivity contribution in [2.24, 2.45) is 0 Å². The molecular weight excluding hydrogens is 168 g/mol. The quantitative estimate of drug-likeness (QED) is 0.767. The number of hydrogen-bond acceptors (Lipinski definition) is 2. The summed E-state index contributed by atoms with van der Waals surface area (Å²) in [5, 5.41) is 11.0. The number of aromatic nitrogens is 2. The molecule has 1 N–H and O–H groups in total. The van der Waals surface area contributed by atoms with Gasteiger partial charge in [-0.1, -0.05) is 0 Å². The van der Waals surface area contributed by atoms with Crippen LogP contribution in [0.2, 0.25) is 0 Å². The van der Waals surface area contributed by atoms with E-state index >= 15 is 0 Å². The van der Waals surface area contributed by atoms with Gasteiger partial charge in [0.2, 0.25) is 0 Å². The molecule has 2 heterocycles. The van der Waals surface area contributed by atoms with Crippen LogP contribution < -0.4 is 0 Å². The van der Waals surface area contributed by atoms with E-state index in [9.17, 15) is 0 Å². The van der Waals surface area contributed by atoms with Crippen molar-refractivity contribution < 1.29 is 0 Å². The maximum absolute atomic E-state index is 3.90. The van der Waals surface area contributed by atoms with Crippen LogP contribution in [0, 0.1) is 0 Å². The van der Waals surface area contributed by atoms with E-state index in [1.165, 1.54) is 11.1 Å². The first-order valence-electron chi connectivity index (χ1n) is 3.94. The maximum atomic E-state index is 3.90. The molecule has 0 atom stereocenters. The third-order valence-corrected chi connectivity index (χ3v) is 2.57. The van der Waals surface area contributed by atoms with Gasteiger partial charge >= 0.3 is 0 Å². The molecule has 0 unspecified atom stereocenters. The molecule has 0 saturated heterocycles. The molecule has 2 aromatic rings. The normalized spacial score (nSPS) is 10.3. The van der Waals surface area contributed by atoms with Crippen molar-refractivity contribution in [1.29, 1.82) is 0 Å². The number of nitrogens with one attached hydrogen (secondary N) is 1. The predicted octanol–water partition coefficient (Wildman–Crippen LogP) is 2.26. The van der Waals surface area contributed by atoms with Crippen molar-refractivity contribution in [3.63, 3.8) is 0 Å². The summed E-state index contributed by atoms with van der Waals surface area (Å²) < 4.78 is 0. The molecule has 0 amide bonds. The summed E-state index contributed by atoms with van der Waals surface area (Å²) in [6, 6.07) is 2.17. The van der Waals surface area contributed by atoms with Crippen LogP contribution in [0.3, 0.4) is 0 Å². The molecule has 0 aliphatic heterocycles. The van der Waals surface area contributed by atoms with Gasteiger partial charge in [0.1, 0.15) is 0 Å². The Labute approximate surface area is 75.3 Å². The first-order valence-corrected chi connectivity index (χ1v) is 4.88. The highest BCUT2D eigenvalue weighted by molar-refractivity contribution is 7.07. The van der Waals surface area contributed by atoms with Gasteiger partial charge in [-0.3, -0.25) is 5.10 Å². The SMILES string of the molecule is c1cc(CCc2cn[nH]c2)cs1. The molecule has 0 saturated carbocycles. The Balaban J connectivity index is 1.91. The van der Waals surface area contributed by atoms with E-state index in [1.54, 1.807) is 11.3 Å². The number of hydrogen-bond donors (Lipinski definition) is 1. The van der Waals surface area contributed by atoms with Crippen LogP contribution in [-0.4, -0.2) is 10.2 Å². The molecule has 2 aromatic heterocycles. The summed E-state index contributed by atoms with van der Waals surface area (Å²) in [4.78, 5) is 0. The van der Waals surface area contributed by atoms with E-state index in [0.29, 0.717) is 0 Å². The first kappa shape index (κ1) is 7.55. The highest BCUT2D eigenvalue weighted by atomic mass is 32.1. The summed E-state index contributed by atoms with van der Waals surface area (Å²) in [5.74, 6) is 0. The van der Waals surface area contributed by atoms with Crippen LogP contribution in [0.1, 0.15) is 11.1 Å². The molecular formula is C9H10N2S. The van der Waals surface area contributed by atoms with Gasteiger partial charge in [-0.05, 0) is 40.8 Å². The number of aryl methyl sites for hydroxylation is 2. The zero-order valence-corrected chi connectivity index (χ0v) is 7.47. The van der Waals surface area contributed by atoms with Crippen LogP contribution in [0.5, 0.6) is 0 Å². The Kier molecular flexibility index (Phi) is 2.23. The van der Waals surface area contributed by atoms with E-state index in [4.69, 9.17) is 0 Å². The Hall–Kier alpha value is -1.09. The van der Waals surface area contributed by atoms with Crippen LogP contribution in [0.4, 0.5) is 0 Å². The number of aromatic amines is 1. The molecule has 0 fully saturated rings. The second-order valence-corrected chi connectivity index (χ2v) is 3.52. The Morgan fingerprint density at radius 2 is 2.25 bits per heavy atom. The predicted molar refractivity (Wildman–Crippen MR) is 50.3 cm³/mol. The largest absolute Gasteiger partial charge is 0.285 e. The molecule has 0 aliphatic rings. The highest BCUT2D eigenvalue weighted by Crippen LogP contribution is 2.09. The second kappa shape index (κ2) is 3.54. The van der Waals surface area contributed by atoms with Gasteiger partial charge in [-0.15, -0.1) is 0 Å². The van der Waals surface area contributed by atoms with Crippen molar-refractivity contribution in [2.45, 2.75) is 12.8 Å².